The smallest absolute Gasteiger partial charge is 0.317 e. The molecule has 30 heavy (non-hydrogen) atoms. The van der Waals surface area contributed by atoms with E-state index in [4.69, 9.17) is 5.11 Å². The molecule has 0 bridgehead atoms. The summed E-state index contributed by atoms with van der Waals surface area (Å²) in [5.74, 6) is -3.66. The molecule has 0 saturated heterocycles. The lowest BCUT2D eigenvalue weighted by Gasteiger charge is -2.18. The van der Waals surface area contributed by atoms with E-state index >= 15 is 0 Å². The molecule has 0 radical (unpaired) electrons. The molecule has 1 amide bonds. The van der Waals surface area contributed by atoms with Gasteiger partial charge in [-0.05, 0) is 59.5 Å². The molecule has 154 valence electrons. The van der Waals surface area contributed by atoms with E-state index in [9.17, 15) is 18.4 Å². The average Bonchev–Trinajstić information content (AvgIpc) is 2.74. The molecule has 0 spiro atoms. The molecule has 8 heteroatoms. The predicted molar refractivity (Wildman–Crippen MR) is 108 cm³/mol. The van der Waals surface area contributed by atoms with Gasteiger partial charge in [0.2, 0.25) is 5.91 Å². The van der Waals surface area contributed by atoms with Crippen LogP contribution in [0.2, 0.25) is 0 Å². The van der Waals surface area contributed by atoms with E-state index in [0.29, 0.717) is 11.3 Å². The van der Waals surface area contributed by atoms with E-state index in [-0.39, 0.29) is 6.42 Å². The molecule has 1 heterocycles. The van der Waals surface area contributed by atoms with Crippen molar-refractivity contribution in [2.75, 3.05) is 11.9 Å². The summed E-state index contributed by atoms with van der Waals surface area (Å²) in [6, 6.07) is 13.2. The third-order valence-electron chi connectivity index (χ3n) is 4.38. The van der Waals surface area contributed by atoms with Gasteiger partial charge in [0, 0.05) is 18.1 Å². The maximum absolute atomic E-state index is 13.5. The lowest BCUT2D eigenvalue weighted by Crippen LogP contribution is -2.44. The number of rotatable bonds is 8. The summed E-state index contributed by atoms with van der Waals surface area (Å²) in [5, 5.41) is 14.3. The number of carboxylic acid groups (broad SMARTS) is 1. The first-order chi connectivity index (χ1) is 14.4. The second-order valence-electron chi connectivity index (χ2n) is 6.59. The van der Waals surface area contributed by atoms with Gasteiger partial charge in [0.15, 0.2) is 11.6 Å². The van der Waals surface area contributed by atoms with Crippen LogP contribution in [0.1, 0.15) is 5.56 Å². The molecule has 6 nitrogen and oxygen atoms in total. The summed E-state index contributed by atoms with van der Waals surface area (Å²) in [4.78, 5) is 27.7. The second kappa shape index (κ2) is 9.71. The number of anilines is 1. The third kappa shape index (κ3) is 5.68. The van der Waals surface area contributed by atoms with Gasteiger partial charge in [-0.15, -0.1) is 0 Å². The molecule has 3 N–H and O–H groups in total. The maximum atomic E-state index is 13.5. The van der Waals surface area contributed by atoms with Crippen molar-refractivity contribution in [2.24, 2.45) is 0 Å². The lowest BCUT2D eigenvalue weighted by atomic mass is 10.0. The van der Waals surface area contributed by atoms with Crippen LogP contribution < -0.4 is 10.6 Å². The predicted octanol–water partition coefficient (Wildman–Crippen LogP) is 3.25. The Morgan fingerprint density at radius 3 is 2.43 bits per heavy atom. The van der Waals surface area contributed by atoms with Gasteiger partial charge in [0.25, 0.3) is 0 Å². The summed E-state index contributed by atoms with van der Waals surface area (Å²) in [5.41, 5.74) is 2.66. The Balaban J connectivity index is 1.77. The van der Waals surface area contributed by atoms with Crippen molar-refractivity contribution < 1.29 is 23.5 Å². The van der Waals surface area contributed by atoms with E-state index in [1.807, 2.05) is 18.2 Å². The van der Waals surface area contributed by atoms with Gasteiger partial charge in [-0.3, -0.25) is 19.9 Å². The van der Waals surface area contributed by atoms with E-state index in [0.717, 1.165) is 23.3 Å². The minimum Gasteiger partial charge on any atom is -0.480 e. The van der Waals surface area contributed by atoms with Gasteiger partial charge in [0.05, 0.1) is 12.6 Å². The number of carboxylic acids is 1. The van der Waals surface area contributed by atoms with Crippen molar-refractivity contribution in [1.29, 1.82) is 0 Å². The molecule has 1 unspecified atom stereocenters. The van der Waals surface area contributed by atoms with Gasteiger partial charge < -0.3 is 10.4 Å². The average molecular weight is 411 g/mol. The fourth-order valence-electron chi connectivity index (χ4n) is 2.92. The number of nitrogens with one attached hydrogen (secondary N) is 2. The highest BCUT2D eigenvalue weighted by molar-refractivity contribution is 5.95. The first-order valence-electron chi connectivity index (χ1n) is 9.13. The highest BCUT2D eigenvalue weighted by atomic mass is 19.2. The zero-order chi connectivity index (χ0) is 21.5. The highest BCUT2D eigenvalue weighted by Gasteiger charge is 2.20. The first kappa shape index (κ1) is 21.1. The standard InChI is InChI=1S/C22H19F2N3O3/c23-18-5-4-14(10-19(18)24)11-20(26-13-21(28)29)22(30)27-17-3-1-2-16(12-17)15-6-8-25-9-7-15/h1-10,12,20,26H,11,13H2,(H,27,30)(H,28,29). The normalized spacial score (nSPS) is 11.7. The largest absolute Gasteiger partial charge is 0.480 e. The molecule has 0 fully saturated rings. The molecule has 0 aliphatic rings. The molecule has 0 aliphatic carbocycles. The van der Waals surface area contributed by atoms with Crippen molar-refractivity contribution in [3.63, 3.8) is 0 Å². The Bertz CT molecular complexity index is 1040. The van der Waals surface area contributed by atoms with Gasteiger partial charge >= 0.3 is 5.97 Å². The van der Waals surface area contributed by atoms with E-state index in [1.165, 1.54) is 6.07 Å². The lowest BCUT2D eigenvalue weighted by molar-refractivity contribution is -0.136. The van der Waals surface area contributed by atoms with Crippen molar-refractivity contribution in [1.82, 2.24) is 10.3 Å². The zero-order valence-electron chi connectivity index (χ0n) is 15.8. The summed E-state index contributed by atoms with van der Waals surface area (Å²) in [6.45, 7) is -0.460. The fraction of sp³-hybridized carbons (Fsp3) is 0.136. The number of carbonyl (C=O) groups is 2. The third-order valence-corrected chi connectivity index (χ3v) is 4.38. The summed E-state index contributed by atoms with van der Waals surface area (Å²) in [7, 11) is 0. The number of carbonyl (C=O) groups excluding carboxylic acids is 1. The molecular weight excluding hydrogens is 392 g/mol. The van der Waals surface area contributed by atoms with E-state index < -0.39 is 36.1 Å². The van der Waals surface area contributed by atoms with Crippen LogP contribution in [0.25, 0.3) is 11.1 Å². The summed E-state index contributed by atoms with van der Waals surface area (Å²) < 4.78 is 26.7. The van der Waals surface area contributed by atoms with Crippen LogP contribution in [0, 0.1) is 11.6 Å². The quantitative estimate of drug-likeness (QED) is 0.529. The minimum atomic E-state index is -1.14. The van der Waals surface area contributed by atoms with Crippen LogP contribution in [-0.4, -0.2) is 34.6 Å². The molecule has 0 saturated carbocycles. The Morgan fingerprint density at radius 1 is 0.967 bits per heavy atom. The van der Waals surface area contributed by atoms with Crippen LogP contribution in [-0.2, 0) is 16.0 Å². The number of amides is 1. The van der Waals surface area contributed by atoms with Crippen molar-refractivity contribution in [2.45, 2.75) is 12.5 Å². The van der Waals surface area contributed by atoms with E-state index in [1.54, 1.807) is 30.6 Å². The molecule has 1 atom stereocenters. The number of pyridine rings is 1. The maximum Gasteiger partial charge on any atom is 0.317 e. The van der Waals surface area contributed by atoms with Crippen LogP contribution in [0.5, 0.6) is 0 Å². The van der Waals surface area contributed by atoms with Gasteiger partial charge in [-0.25, -0.2) is 8.78 Å². The van der Waals surface area contributed by atoms with E-state index in [2.05, 4.69) is 15.6 Å². The minimum absolute atomic E-state index is 0.0135. The number of nitrogens with zero attached hydrogens (tertiary/aromatic N) is 1. The van der Waals surface area contributed by atoms with Crippen LogP contribution >= 0.6 is 0 Å². The van der Waals surface area contributed by atoms with Gasteiger partial charge in [-0.1, -0.05) is 18.2 Å². The first-order valence-corrected chi connectivity index (χ1v) is 9.13. The molecule has 2 aromatic carbocycles. The number of aliphatic carboxylic acids is 1. The Labute approximate surface area is 171 Å². The molecular formula is C22H19F2N3O3. The highest BCUT2D eigenvalue weighted by Crippen LogP contribution is 2.22. The van der Waals surface area contributed by atoms with Crippen molar-refractivity contribution >= 4 is 17.6 Å². The number of hydrogen-bond donors (Lipinski definition) is 3. The molecule has 3 rings (SSSR count). The number of hydrogen-bond acceptors (Lipinski definition) is 4. The fourth-order valence-corrected chi connectivity index (χ4v) is 2.92. The molecule has 3 aromatic rings. The summed E-state index contributed by atoms with van der Waals surface area (Å²) >= 11 is 0. The second-order valence-corrected chi connectivity index (χ2v) is 6.59. The topological polar surface area (TPSA) is 91.3 Å². The monoisotopic (exact) mass is 411 g/mol. The summed E-state index contributed by atoms with van der Waals surface area (Å²) in [6.07, 6.45) is 3.31. The van der Waals surface area contributed by atoms with Crippen LogP contribution in [0.4, 0.5) is 14.5 Å². The number of halogens is 2. The zero-order valence-corrected chi connectivity index (χ0v) is 15.8. The Kier molecular flexibility index (Phi) is 6.82. The number of aromatic nitrogens is 1. The van der Waals surface area contributed by atoms with Crippen LogP contribution in [0.3, 0.4) is 0 Å². The number of benzene rings is 2. The van der Waals surface area contributed by atoms with Gasteiger partial charge in [-0.2, -0.15) is 0 Å². The van der Waals surface area contributed by atoms with Crippen LogP contribution in [0.15, 0.2) is 67.0 Å². The van der Waals surface area contributed by atoms with Crippen molar-refractivity contribution in [3.8, 4) is 11.1 Å². The molecule has 0 aliphatic heterocycles. The SMILES string of the molecule is O=C(O)CNC(Cc1ccc(F)c(F)c1)C(=O)Nc1cccc(-c2ccncc2)c1. The van der Waals surface area contributed by atoms with Gasteiger partial charge in [0.1, 0.15) is 0 Å². The Morgan fingerprint density at radius 2 is 1.73 bits per heavy atom. The van der Waals surface area contributed by atoms with Crippen molar-refractivity contribution in [3.05, 3.63) is 84.2 Å². The Hall–Kier alpha value is -3.65. The molecule has 1 aromatic heterocycles.